The van der Waals surface area contributed by atoms with E-state index < -0.39 is 0 Å². The fourth-order valence-electron chi connectivity index (χ4n) is 2.41. The maximum Gasteiger partial charge on any atom is 0.150 e. The molecule has 4 nitrogen and oxygen atoms in total. The van der Waals surface area contributed by atoms with E-state index in [0.29, 0.717) is 0 Å². The van der Waals surface area contributed by atoms with Gasteiger partial charge in [0, 0.05) is 22.6 Å². The number of nitrogens with two attached hydrogens (primary N) is 1. The fourth-order valence-corrected chi connectivity index (χ4v) is 2.94. The molecule has 1 aromatic carbocycles. The Balaban J connectivity index is 2.06. The van der Waals surface area contributed by atoms with Crippen LogP contribution < -0.4 is 5.73 Å². The number of aromatic nitrogens is 2. The lowest BCUT2D eigenvalue weighted by Gasteiger charge is -2.23. The first-order valence-corrected chi connectivity index (χ1v) is 7.44. The molecule has 1 aromatic heterocycles. The molecular formula is C13H17N3OS. The predicted molar refractivity (Wildman–Crippen MR) is 74.8 cm³/mol. The maximum atomic E-state index is 6.00. The van der Waals surface area contributed by atoms with Crippen molar-refractivity contribution in [2.75, 3.05) is 18.6 Å². The molecule has 1 aliphatic rings. The molecule has 1 fully saturated rings. The summed E-state index contributed by atoms with van der Waals surface area (Å²) in [5.74, 6) is 0. The van der Waals surface area contributed by atoms with Crippen LogP contribution in [0.4, 0.5) is 5.69 Å². The molecule has 18 heavy (non-hydrogen) atoms. The van der Waals surface area contributed by atoms with Crippen LogP contribution in [0.25, 0.3) is 10.9 Å². The molecule has 1 aliphatic heterocycles. The first kappa shape index (κ1) is 11.9. The van der Waals surface area contributed by atoms with E-state index in [-0.39, 0.29) is 6.23 Å². The summed E-state index contributed by atoms with van der Waals surface area (Å²) in [6.07, 6.45) is 7.38. The van der Waals surface area contributed by atoms with Crippen LogP contribution in [0, 0.1) is 0 Å². The van der Waals surface area contributed by atoms with E-state index in [1.54, 1.807) is 11.8 Å². The Morgan fingerprint density at radius 3 is 3.06 bits per heavy atom. The van der Waals surface area contributed by atoms with Crippen molar-refractivity contribution >= 4 is 28.4 Å². The third-order valence-electron chi connectivity index (χ3n) is 3.38. The maximum absolute atomic E-state index is 6.00. The Kier molecular flexibility index (Phi) is 3.18. The number of rotatable bonds is 2. The highest BCUT2D eigenvalue weighted by Crippen LogP contribution is 2.31. The van der Waals surface area contributed by atoms with Gasteiger partial charge in [0.05, 0.1) is 11.7 Å². The van der Waals surface area contributed by atoms with Crippen molar-refractivity contribution in [1.82, 2.24) is 9.78 Å². The van der Waals surface area contributed by atoms with Crippen molar-refractivity contribution in [2.24, 2.45) is 0 Å². The van der Waals surface area contributed by atoms with E-state index in [2.05, 4.69) is 11.2 Å². The van der Waals surface area contributed by atoms with E-state index in [0.717, 1.165) is 40.9 Å². The first-order valence-electron chi connectivity index (χ1n) is 6.22. The molecule has 0 bridgehead atoms. The largest absolute Gasteiger partial charge is 0.398 e. The van der Waals surface area contributed by atoms with Crippen molar-refractivity contribution in [3.63, 3.8) is 0 Å². The molecule has 0 radical (unpaired) electrons. The molecule has 0 aliphatic carbocycles. The van der Waals surface area contributed by atoms with Crippen LogP contribution in [0.1, 0.15) is 25.5 Å². The minimum absolute atomic E-state index is 0.0783. The Bertz CT molecular complexity index is 561. The second-order valence-electron chi connectivity index (χ2n) is 4.56. The van der Waals surface area contributed by atoms with Crippen molar-refractivity contribution in [3.8, 4) is 0 Å². The van der Waals surface area contributed by atoms with Gasteiger partial charge in [-0.15, -0.1) is 11.8 Å². The van der Waals surface area contributed by atoms with Gasteiger partial charge in [-0.3, -0.25) is 0 Å². The van der Waals surface area contributed by atoms with Gasteiger partial charge < -0.3 is 10.5 Å². The SMILES string of the molecule is CSc1cc2c(cnn2C2CCCCO2)cc1N. The normalized spacial score (nSPS) is 20.4. The molecule has 1 unspecified atom stereocenters. The van der Waals surface area contributed by atoms with Gasteiger partial charge in [0.15, 0.2) is 6.23 Å². The quantitative estimate of drug-likeness (QED) is 0.668. The van der Waals surface area contributed by atoms with E-state index >= 15 is 0 Å². The number of nitrogen functional groups attached to an aromatic ring is 1. The second kappa shape index (κ2) is 4.82. The molecular weight excluding hydrogens is 246 g/mol. The summed E-state index contributed by atoms with van der Waals surface area (Å²) in [6.45, 7) is 0.830. The number of nitrogens with zero attached hydrogens (tertiary/aromatic N) is 2. The summed E-state index contributed by atoms with van der Waals surface area (Å²) in [4.78, 5) is 1.10. The lowest BCUT2D eigenvalue weighted by molar-refractivity contribution is -0.0366. The van der Waals surface area contributed by atoms with Crippen molar-refractivity contribution in [3.05, 3.63) is 18.3 Å². The standard InChI is InChI=1S/C13H17N3OS/c1-18-12-7-11-9(6-10(12)14)8-15-16(11)13-4-2-3-5-17-13/h6-8,13H,2-5,14H2,1H3. The lowest BCUT2D eigenvalue weighted by Crippen LogP contribution is -2.18. The van der Waals surface area contributed by atoms with Gasteiger partial charge in [0.2, 0.25) is 0 Å². The number of thioether (sulfide) groups is 1. The van der Waals surface area contributed by atoms with Crippen molar-refractivity contribution in [2.45, 2.75) is 30.4 Å². The number of benzene rings is 1. The molecule has 1 saturated heterocycles. The van der Waals surface area contributed by atoms with Crippen LogP contribution in [0.15, 0.2) is 23.2 Å². The number of hydrogen-bond donors (Lipinski definition) is 1. The zero-order valence-electron chi connectivity index (χ0n) is 10.4. The summed E-state index contributed by atoms with van der Waals surface area (Å²) in [7, 11) is 0. The van der Waals surface area contributed by atoms with Gasteiger partial charge in [-0.05, 0) is 37.7 Å². The van der Waals surface area contributed by atoms with Gasteiger partial charge in [-0.1, -0.05) is 0 Å². The molecule has 1 atom stereocenters. The Hall–Kier alpha value is -1.20. The molecule has 2 aromatic rings. The Morgan fingerprint density at radius 2 is 2.33 bits per heavy atom. The Labute approximate surface area is 110 Å². The van der Waals surface area contributed by atoms with Crippen LogP contribution >= 0.6 is 11.8 Å². The molecule has 0 amide bonds. The summed E-state index contributed by atoms with van der Waals surface area (Å²) in [5, 5.41) is 5.55. The third kappa shape index (κ3) is 1.97. The summed E-state index contributed by atoms with van der Waals surface area (Å²) in [6, 6.07) is 4.10. The minimum Gasteiger partial charge on any atom is -0.398 e. The average molecular weight is 263 g/mol. The average Bonchev–Trinajstić information content (AvgIpc) is 2.81. The van der Waals surface area contributed by atoms with Gasteiger partial charge >= 0.3 is 0 Å². The first-order chi connectivity index (χ1) is 8.79. The molecule has 3 rings (SSSR count). The molecule has 96 valence electrons. The summed E-state index contributed by atoms with van der Waals surface area (Å²) in [5.41, 5.74) is 7.93. The van der Waals surface area contributed by atoms with E-state index in [1.807, 2.05) is 23.2 Å². The summed E-state index contributed by atoms with van der Waals surface area (Å²) < 4.78 is 7.79. The third-order valence-corrected chi connectivity index (χ3v) is 4.17. The van der Waals surface area contributed by atoms with Crippen LogP contribution in [0.2, 0.25) is 0 Å². The molecule has 2 heterocycles. The van der Waals surface area contributed by atoms with Gasteiger partial charge in [0.25, 0.3) is 0 Å². The Morgan fingerprint density at radius 1 is 1.44 bits per heavy atom. The second-order valence-corrected chi connectivity index (χ2v) is 5.41. The summed E-state index contributed by atoms with van der Waals surface area (Å²) >= 11 is 1.66. The highest BCUT2D eigenvalue weighted by Gasteiger charge is 2.19. The predicted octanol–water partition coefficient (Wildman–Crippen LogP) is 3.04. The highest BCUT2D eigenvalue weighted by molar-refractivity contribution is 7.98. The van der Waals surface area contributed by atoms with Crippen molar-refractivity contribution in [1.29, 1.82) is 0 Å². The minimum atomic E-state index is 0.0783. The number of ether oxygens (including phenoxy) is 1. The topological polar surface area (TPSA) is 53.1 Å². The zero-order valence-corrected chi connectivity index (χ0v) is 11.2. The monoisotopic (exact) mass is 263 g/mol. The van der Waals surface area contributed by atoms with E-state index in [1.165, 1.54) is 6.42 Å². The van der Waals surface area contributed by atoms with Gasteiger partial charge in [-0.2, -0.15) is 5.10 Å². The van der Waals surface area contributed by atoms with Gasteiger partial charge in [-0.25, -0.2) is 4.68 Å². The van der Waals surface area contributed by atoms with E-state index in [4.69, 9.17) is 10.5 Å². The number of fused-ring (bicyclic) bond motifs is 1. The van der Waals surface area contributed by atoms with Crippen LogP contribution in [0.5, 0.6) is 0 Å². The lowest BCUT2D eigenvalue weighted by atomic mass is 10.2. The van der Waals surface area contributed by atoms with Crippen molar-refractivity contribution < 1.29 is 4.74 Å². The molecule has 5 heteroatoms. The number of anilines is 1. The zero-order chi connectivity index (χ0) is 12.5. The van der Waals surface area contributed by atoms with Crippen LogP contribution in [-0.2, 0) is 4.74 Å². The molecule has 0 saturated carbocycles. The van der Waals surface area contributed by atoms with Crippen LogP contribution in [0.3, 0.4) is 0 Å². The smallest absolute Gasteiger partial charge is 0.150 e. The highest BCUT2D eigenvalue weighted by atomic mass is 32.2. The fraction of sp³-hybridized carbons (Fsp3) is 0.462. The van der Waals surface area contributed by atoms with E-state index in [9.17, 15) is 0 Å². The van der Waals surface area contributed by atoms with Crippen LogP contribution in [-0.4, -0.2) is 22.6 Å². The number of hydrogen-bond acceptors (Lipinski definition) is 4. The molecule has 2 N–H and O–H groups in total. The van der Waals surface area contributed by atoms with Gasteiger partial charge in [0.1, 0.15) is 0 Å². The molecule has 0 spiro atoms.